The Bertz CT molecular complexity index is 593. The fourth-order valence-corrected chi connectivity index (χ4v) is 1.20. The molecule has 0 aliphatic rings. The van der Waals surface area contributed by atoms with Crippen LogP contribution in [0.4, 0.5) is 4.79 Å². The maximum atomic E-state index is 11.4. The molecule has 1 heterocycles. The molecule has 18 heavy (non-hydrogen) atoms. The molecule has 0 radical (unpaired) electrons. The van der Waals surface area contributed by atoms with Crippen molar-refractivity contribution in [2.24, 2.45) is 0 Å². The molecule has 0 saturated carbocycles. The molecule has 0 aromatic carbocycles. The predicted octanol–water partition coefficient (Wildman–Crippen LogP) is -1.32. The highest BCUT2D eigenvalue weighted by Crippen LogP contribution is 1.85. The lowest BCUT2D eigenvalue weighted by Crippen LogP contribution is -2.38. The zero-order chi connectivity index (χ0) is 13.7. The molecule has 2 amide bonds. The summed E-state index contributed by atoms with van der Waals surface area (Å²) in [6, 6.07) is 1.40. The van der Waals surface area contributed by atoms with Gasteiger partial charge in [0.05, 0.1) is 0 Å². The molecule has 0 aliphatic heterocycles. The van der Waals surface area contributed by atoms with Crippen LogP contribution >= 0.6 is 0 Å². The van der Waals surface area contributed by atoms with E-state index in [4.69, 9.17) is 5.26 Å². The Morgan fingerprint density at radius 1 is 1.56 bits per heavy atom. The van der Waals surface area contributed by atoms with Gasteiger partial charge in [0.2, 0.25) is 0 Å². The zero-order valence-corrected chi connectivity index (χ0v) is 10.1. The standard InChI is InChI=1S/C10H13N5O3/c1-14(2)9(17)12-3-4-15-6-7(5-11)8(16)13-10(15)18/h6H,3-4H2,1-2H3,(H,12,17)(H,13,16,18). The van der Waals surface area contributed by atoms with Crippen LogP contribution < -0.4 is 16.6 Å². The van der Waals surface area contributed by atoms with Crippen LogP contribution in [0.5, 0.6) is 0 Å². The van der Waals surface area contributed by atoms with Crippen LogP contribution in [0, 0.1) is 11.3 Å². The first-order valence-electron chi connectivity index (χ1n) is 5.14. The van der Waals surface area contributed by atoms with E-state index in [1.165, 1.54) is 11.1 Å². The van der Waals surface area contributed by atoms with E-state index in [0.717, 1.165) is 4.57 Å². The molecule has 1 rings (SSSR count). The number of carbonyl (C=O) groups excluding carboxylic acids is 1. The summed E-state index contributed by atoms with van der Waals surface area (Å²) in [7, 11) is 3.19. The molecule has 8 heteroatoms. The summed E-state index contributed by atoms with van der Waals surface area (Å²) in [6.45, 7) is 0.387. The third kappa shape index (κ3) is 3.21. The normalized spacial score (nSPS) is 9.61. The Hall–Kier alpha value is -2.56. The second kappa shape index (κ2) is 5.67. The van der Waals surface area contributed by atoms with Crippen molar-refractivity contribution in [1.82, 2.24) is 19.8 Å². The Balaban J connectivity index is 2.75. The summed E-state index contributed by atoms with van der Waals surface area (Å²) in [5, 5.41) is 11.2. The molecule has 1 aromatic heterocycles. The van der Waals surface area contributed by atoms with Crippen LogP contribution in [-0.2, 0) is 6.54 Å². The molecule has 0 saturated heterocycles. The van der Waals surface area contributed by atoms with Crippen LogP contribution in [-0.4, -0.2) is 41.1 Å². The average Bonchev–Trinajstić information content (AvgIpc) is 2.31. The summed E-state index contributed by atoms with van der Waals surface area (Å²) in [5.74, 6) is 0. The summed E-state index contributed by atoms with van der Waals surface area (Å²) < 4.78 is 1.16. The molecular weight excluding hydrogens is 238 g/mol. The smallest absolute Gasteiger partial charge is 0.328 e. The maximum absolute atomic E-state index is 11.4. The number of carbonyl (C=O) groups is 1. The van der Waals surface area contributed by atoms with E-state index in [1.807, 2.05) is 4.98 Å². The van der Waals surface area contributed by atoms with E-state index < -0.39 is 11.2 Å². The van der Waals surface area contributed by atoms with E-state index in [0.29, 0.717) is 0 Å². The van der Waals surface area contributed by atoms with Crippen molar-refractivity contribution in [2.75, 3.05) is 20.6 Å². The Morgan fingerprint density at radius 2 is 2.22 bits per heavy atom. The summed E-state index contributed by atoms with van der Waals surface area (Å²) in [4.78, 5) is 37.1. The third-order valence-electron chi connectivity index (χ3n) is 2.17. The monoisotopic (exact) mass is 251 g/mol. The van der Waals surface area contributed by atoms with Gasteiger partial charge in [0, 0.05) is 33.4 Å². The van der Waals surface area contributed by atoms with Gasteiger partial charge in [-0.15, -0.1) is 0 Å². The number of aromatic amines is 1. The van der Waals surface area contributed by atoms with Crippen molar-refractivity contribution in [3.05, 3.63) is 32.6 Å². The van der Waals surface area contributed by atoms with Crippen LogP contribution in [0.1, 0.15) is 5.56 Å². The van der Waals surface area contributed by atoms with Gasteiger partial charge in [-0.3, -0.25) is 14.3 Å². The van der Waals surface area contributed by atoms with Crippen molar-refractivity contribution in [1.29, 1.82) is 5.26 Å². The lowest BCUT2D eigenvalue weighted by atomic mass is 10.4. The lowest BCUT2D eigenvalue weighted by molar-refractivity contribution is 0.217. The van der Waals surface area contributed by atoms with Gasteiger partial charge in [0.25, 0.3) is 5.56 Å². The minimum atomic E-state index is -0.712. The number of hydrogen-bond acceptors (Lipinski definition) is 4. The highest BCUT2D eigenvalue weighted by atomic mass is 16.2. The average molecular weight is 251 g/mol. The number of H-pyrrole nitrogens is 1. The molecule has 0 atom stereocenters. The van der Waals surface area contributed by atoms with E-state index in [1.54, 1.807) is 20.2 Å². The largest absolute Gasteiger partial charge is 0.336 e. The van der Waals surface area contributed by atoms with Crippen molar-refractivity contribution >= 4 is 6.03 Å². The Kier molecular flexibility index (Phi) is 4.26. The van der Waals surface area contributed by atoms with Gasteiger partial charge in [0.15, 0.2) is 0 Å². The van der Waals surface area contributed by atoms with E-state index in [-0.39, 0.29) is 24.7 Å². The van der Waals surface area contributed by atoms with E-state index >= 15 is 0 Å². The fraction of sp³-hybridized carbons (Fsp3) is 0.400. The predicted molar refractivity (Wildman–Crippen MR) is 63.1 cm³/mol. The zero-order valence-electron chi connectivity index (χ0n) is 10.1. The van der Waals surface area contributed by atoms with Crippen molar-refractivity contribution in [3.63, 3.8) is 0 Å². The second-order valence-electron chi connectivity index (χ2n) is 3.73. The van der Waals surface area contributed by atoms with Crippen molar-refractivity contribution in [3.8, 4) is 6.07 Å². The van der Waals surface area contributed by atoms with Crippen LogP contribution in [0.25, 0.3) is 0 Å². The molecule has 8 nitrogen and oxygen atoms in total. The number of nitriles is 1. The summed E-state index contributed by atoms with van der Waals surface area (Å²) >= 11 is 0. The van der Waals surface area contributed by atoms with Crippen molar-refractivity contribution in [2.45, 2.75) is 6.54 Å². The SMILES string of the molecule is CN(C)C(=O)NCCn1cc(C#N)c(=O)[nH]c1=O. The molecular formula is C10H13N5O3. The number of rotatable bonds is 3. The molecule has 1 aromatic rings. The van der Waals surface area contributed by atoms with Gasteiger partial charge in [-0.1, -0.05) is 0 Å². The number of nitrogens with one attached hydrogen (secondary N) is 2. The van der Waals surface area contributed by atoms with Gasteiger partial charge in [-0.05, 0) is 0 Å². The van der Waals surface area contributed by atoms with Gasteiger partial charge in [0.1, 0.15) is 11.6 Å². The summed E-state index contributed by atoms with van der Waals surface area (Å²) in [6.07, 6.45) is 1.17. The van der Waals surface area contributed by atoms with Crippen molar-refractivity contribution < 1.29 is 4.79 Å². The fourth-order valence-electron chi connectivity index (χ4n) is 1.20. The molecule has 0 bridgehead atoms. The minimum absolute atomic E-state index is 0.145. The minimum Gasteiger partial charge on any atom is -0.336 e. The van der Waals surface area contributed by atoms with Crippen LogP contribution in [0.15, 0.2) is 15.8 Å². The highest BCUT2D eigenvalue weighted by molar-refractivity contribution is 5.73. The first-order chi connectivity index (χ1) is 8.45. The lowest BCUT2D eigenvalue weighted by Gasteiger charge is -2.12. The number of urea groups is 1. The second-order valence-corrected chi connectivity index (χ2v) is 3.73. The Morgan fingerprint density at radius 3 is 2.78 bits per heavy atom. The molecule has 0 unspecified atom stereocenters. The maximum Gasteiger partial charge on any atom is 0.328 e. The molecule has 2 N–H and O–H groups in total. The van der Waals surface area contributed by atoms with Gasteiger partial charge >= 0.3 is 11.7 Å². The quantitative estimate of drug-likeness (QED) is 0.694. The number of hydrogen-bond donors (Lipinski definition) is 2. The Labute approximate surface area is 102 Å². The molecule has 0 aliphatic carbocycles. The first kappa shape index (κ1) is 13.5. The van der Waals surface area contributed by atoms with Gasteiger partial charge in [-0.2, -0.15) is 5.26 Å². The number of nitrogens with zero attached hydrogens (tertiary/aromatic N) is 3. The first-order valence-corrected chi connectivity index (χ1v) is 5.14. The van der Waals surface area contributed by atoms with E-state index in [2.05, 4.69) is 5.32 Å². The molecule has 96 valence electrons. The third-order valence-corrected chi connectivity index (χ3v) is 2.17. The summed E-state index contributed by atoms with van der Waals surface area (Å²) in [5.41, 5.74) is -1.47. The van der Waals surface area contributed by atoms with Gasteiger partial charge < -0.3 is 10.2 Å². The van der Waals surface area contributed by atoms with Crippen LogP contribution in [0.2, 0.25) is 0 Å². The number of aromatic nitrogens is 2. The van der Waals surface area contributed by atoms with Crippen LogP contribution in [0.3, 0.4) is 0 Å². The number of amides is 2. The highest BCUT2D eigenvalue weighted by Gasteiger charge is 2.05. The van der Waals surface area contributed by atoms with Gasteiger partial charge in [-0.25, -0.2) is 9.59 Å². The topological polar surface area (TPSA) is 111 Å². The molecule has 0 spiro atoms. The molecule has 0 fully saturated rings. The van der Waals surface area contributed by atoms with E-state index in [9.17, 15) is 14.4 Å².